The predicted molar refractivity (Wildman–Crippen MR) is 73.5 cm³/mol. The summed E-state index contributed by atoms with van der Waals surface area (Å²) in [4.78, 5) is 8.80. The maximum absolute atomic E-state index is 4.47. The minimum absolute atomic E-state index is 0.814. The van der Waals surface area contributed by atoms with Gasteiger partial charge in [0.25, 0.3) is 0 Å². The molecule has 1 N–H and O–H groups in total. The summed E-state index contributed by atoms with van der Waals surface area (Å²) < 4.78 is 0.814. The van der Waals surface area contributed by atoms with E-state index in [1.54, 1.807) is 0 Å². The first kappa shape index (κ1) is 12.0. The third-order valence-corrected chi connectivity index (χ3v) is 2.67. The zero-order valence-corrected chi connectivity index (χ0v) is 11.2. The fraction of sp³-hybridized carbons (Fsp3) is 0.231. The van der Waals surface area contributed by atoms with E-state index < -0.39 is 0 Å². The number of nitrogens with zero attached hydrogens (tertiary/aromatic N) is 2. The van der Waals surface area contributed by atoms with Crippen molar-refractivity contribution in [1.29, 1.82) is 0 Å². The van der Waals surface area contributed by atoms with Crippen molar-refractivity contribution in [2.45, 2.75) is 19.8 Å². The largest absolute Gasteiger partial charge is 0.340 e. The van der Waals surface area contributed by atoms with E-state index in [-0.39, 0.29) is 0 Å². The molecular formula is C13H14BrN3. The van der Waals surface area contributed by atoms with Crippen molar-refractivity contribution < 1.29 is 0 Å². The van der Waals surface area contributed by atoms with Crippen molar-refractivity contribution in [1.82, 2.24) is 9.97 Å². The van der Waals surface area contributed by atoms with Gasteiger partial charge in [-0.2, -0.15) is 0 Å². The van der Waals surface area contributed by atoms with E-state index in [2.05, 4.69) is 38.1 Å². The Balaban J connectivity index is 2.21. The van der Waals surface area contributed by atoms with Crippen LogP contribution in [0.25, 0.3) is 0 Å². The third-order valence-electron chi connectivity index (χ3n) is 2.26. The van der Waals surface area contributed by atoms with Gasteiger partial charge in [-0.15, -0.1) is 0 Å². The lowest BCUT2D eigenvalue weighted by Crippen LogP contribution is -2.00. The number of benzene rings is 1. The lowest BCUT2D eigenvalue weighted by molar-refractivity contribution is 0.831. The van der Waals surface area contributed by atoms with E-state index in [1.807, 2.05) is 36.4 Å². The first-order valence-electron chi connectivity index (χ1n) is 5.63. The molecule has 0 atom stereocenters. The fourth-order valence-electron chi connectivity index (χ4n) is 1.53. The van der Waals surface area contributed by atoms with Crippen LogP contribution >= 0.6 is 15.9 Å². The van der Waals surface area contributed by atoms with Crippen LogP contribution in [0.5, 0.6) is 0 Å². The molecule has 1 aromatic carbocycles. The minimum Gasteiger partial charge on any atom is -0.340 e. The van der Waals surface area contributed by atoms with Crippen molar-refractivity contribution in [3.8, 4) is 0 Å². The van der Waals surface area contributed by atoms with Gasteiger partial charge in [0.2, 0.25) is 0 Å². The minimum atomic E-state index is 0.814. The number of aryl methyl sites for hydroxylation is 1. The van der Waals surface area contributed by atoms with Gasteiger partial charge in [0, 0.05) is 18.2 Å². The Morgan fingerprint density at radius 1 is 1.18 bits per heavy atom. The van der Waals surface area contributed by atoms with Crippen LogP contribution in [0.3, 0.4) is 0 Å². The van der Waals surface area contributed by atoms with Gasteiger partial charge in [0.05, 0.1) is 0 Å². The molecule has 4 heteroatoms. The van der Waals surface area contributed by atoms with Crippen LogP contribution in [-0.4, -0.2) is 9.97 Å². The average molecular weight is 292 g/mol. The van der Waals surface area contributed by atoms with Gasteiger partial charge >= 0.3 is 0 Å². The van der Waals surface area contributed by atoms with Crippen LogP contribution in [0.4, 0.5) is 11.5 Å². The summed E-state index contributed by atoms with van der Waals surface area (Å²) in [6.07, 6.45) is 1.93. The highest BCUT2D eigenvalue weighted by Gasteiger charge is 2.02. The number of hydrogen-bond donors (Lipinski definition) is 1. The normalized spacial score (nSPS) is 10.2. The Morgan fingerprint density at radius 2 is 1.94 bits per heavy atom. The summed E-state index contributed by atoms with van der Waals surface area (Å²) in [5.41, 5.74) is 1.03. The summed E-state index contributed by atoms with van der Waals surface area (Å²) in [5.74, 6) is 1.68. The van der Waals surface area contributed by atoms with Crippen LogP contribution in [0.1, 0.15) is 19.2 Å². The first-order valence-corrected chi connectivity index (χ1v) is 6.43. The van der Waals surface area contributed by atoms with Crippen LogP contribution < -0.4 is 5.32 Å². The molecule has 17 heavy (non-hydrogen) atoms. The van der Waals surface area contributed by atoms with Crippen molar-refractivity contribution >= 4 is 27.4 Å². The lowest BCUT2D eigenvalue weighted by Gasteiger charge is -2.07. The van der Waals surface area contributed by atoms with E-state index in [0.717, 1.165) is 34.8 Å². The molecule has 0 amide bonds. The van der Waals surface area contributed by atoms with Gasteiger partial charge in [0.15, 0.2) is 0 Å². The number of hydrogen-bond acceptors (Lipinski definition) is 3. The van der Waals surface area contributed by atoms with Gasteiger partial charge in [-0.05, 0) is 34.5 Å². The van der Waals surface area contributed by atoms with Crippen LogP contribution in [0.2, 0.25) is 0 Å². The molecule has 0 saturated heterocycles. The Bertz CT molecular complexity index is 485. The molecule has 0 unspecified atom stereocenters. The Hall–Kier alpha value is -1.42. The van der Waals surface area contributed by atoms with Crippen molar-refractivity contribution in [2.24, 2.45) is 0 Å². The second kappa shape index (κ2) is 5.77. The van der Waals surface area contributed by atoms with Gasteiger partial charge in [-0.1, -0.05) is 25.1 Å². The maximum atomic E-state index is 4.47. The highest BCUT2D eigenvalue weighted by Crippen LogP contribution is 2.17. The van der Waals surface area contributed by atoms with Gasteiger partial charge in [-0.3, -0.25) is 0 Å². The Morgan fingerprint density at radius 3 is 2.65 bits per heavy atom. The number of anilines is 2. The highest BCUT2D eigenvalue weighted by molar-refractivity contribution is 9.10. The van der Waals surface area contributed by atoms with E-state index in [1.165, 1.54) is 0 Å². The van der Waals surface area contributed by atoms with Crippen molar-refractivity contribution in [3.05, 3.63) is 46.8 Å². The molecule has 2 aromatic rings. The molecule has 0 aliphatic carbocycles. The molecule has 1 aromatic heterocycles. The Labute approximate surface area is 109 Å². The summed E-state index contributed by atoms with van der Waals surface area (Å²) in [7, 11) is 0. The molecule has 0 saturated carbocycles. The number of halogens is 1. The van der Waals surface area contributed by atoms with E-state index >= 15 is 0 Å². The molecule has 2 rings (SSSR count). The number of para-hydroxylation sites is 1. The first-order chi connectivity index (χ1) is 8.28. The van der Waals surface area contributed by atoms with E-state index in [0.29, 0.717) is 0 Å². The molecule has 1 heterocycles. The number of aromatic nitrogens is 2. The maximum Gasteiger partial charge on any atom is 0.135 e. The second-order valence-electron chi connectivity index (χ2n) is 3.73. The zero-order chi connectivity index (χ0) is 12.1. The van der Waals surface area contributed by atoms with Crippen LogP contribution in [0.15, 0.2) is 41.0 Å². The standard InChI is InChI=1S/C13H14BrN3/c1-2-6-12-16-11(14)9-13(17-12)15-10-7-4-3-5-8-10/h3-5,7-9H,2,6H2,1H3,(H,15,16,17). The molecule has 0 spiro atoms. The molecule has 0 bridgehead atoms. The van der Waals surface area contributed by atoms with Gasteiger partial charge in [0.1, 0.15) is 16.2 Å². The third kappa shape index (κ3) is 3.53. The Kier molecular flexibility index (Phi) is 4.09. The monoisotopic (exact) mass is 291 g/mol. The molecular weight excluding hydrogens is 278 g/mol. The summed E-state index contributed by atoms with van der Waals surface area (Å²) >= 11 is 3.41. The lowest BCUT2D eigenvalue weighted by atomic mass is 10.3. The predicted octanol–water partition coefficient (Wildman–Crippen LogP) is 3.94. The summed E-state index contributed by atoms with van der Waals surface area (Å²) in [6.45, 7) is 2.12. The smallest absolute Gasteiger partial charge is 0.135 e. The second-order valence-corrected chi connectivity index (χ2v) is 4.55. The summed E-state index contributed by atoms with van der Waals surface area (Å²) in [6, 6.07) is 11.9. The van der Waals surface area contributed by atoms with Gasteiger partial charge in [-0.25, -0.2) is 9.97 Å². The summed E-state index contributed by atoms with van der Waals surface area (Å²) in [5, 5.41) is 3.26. The molecule has 0 aliphatic heterocycles. The van der Waals surface area contributed by atoms with Crippen molar-refractivity contribution in [3.63, 3.8) is 0 Å². The molecule has 0 fully saturated rings. The SMILES string of the molecule is CCCc1nc(Br)cc(Nc2ccccc2)n1. The van der Waals surface area contributed by atoms with Crippen molar-refractivity contribution in [2.75, 3.05) is 5.32 Å². The molecule has 0 aliphatic rings. The quantitative estimate of drug-likeness (QED) is 0.867. The molecule has 0 radical (unpaired) electrons. The van der Waals surface area contributed by atoms with E-state index in [9.17, 15) is 0 Å². The van der Waals surface area contributed by atoms with E-state index in [4.69, 9.17) is 0 Å². The topological polar surface area (TPSA) is 37.8 Å². The zero-order valence-electron chi connectivity index (χ0n) is 9.65. The fourth-order valence-corrected chi connectivity index (χ4v) is 1.96. The van der Waals surface area contributed by atoms with Crippen LogP contribution in [0, 0.1) is 0 Å². The highest BCUT2D eigenvalue weighted by atomic mass is 79.9. The molecule has 88 valence electrons. The average Bonchev–Trinajstić information content (AvgIpc) is 2.30. The van der Waals surface area contributed by atoms with Crippen LogP contribution in [-0.2, 0) is 6.42 Å². The molecule has 3 nitrogen and oxygen atoms in total. The number of nitrogens with one attached hydrogen (secondary N) is 1. The van der Waals surface area contributed by atoms with Gasteiger partial charge < -0.3 is 5.32 Å². The number of rotatable bonds is 4.